The van der Waals surface area contributed by atoms with Gasteiger partial charge in [0.15, 0.2) is 6.61 Å². The molecule has 1 atom stereocenters. The van der Waals surface area contributed by atoms with E-state index in [4.69, 9.17) is 16.3 Å². The van der Waals surface area contributed by atoms with Crippen LogP contribution in [-0.4, -0.2) is 35.9 Å². The molecular formula is C24H31ClN2O3. The number of rotatable bonds is 9. The second-order valence-corrected chi connectivity index (χ2v) is 8.36. The quantitative estimate of drug-likeness (QED) is 0.636. The topological polar surface area (TPSA) is 58.6 Å². The Bertz CT molecular complexity index is 845. The number of carbonyl (C=O) groups excluding carboxylic acids is 2. The molecule has 30 heavy (non-hydrogen) atoms. The first kappa shape index (κ1) is 23.7. The second kappa shape index (κ2) is 11.0. The van der Waals surface area contributed by atoms with Crippen LogP contribution in [0.15, 0.2) is 42.5 Å². The number of nitrogens with zero attached hydrogens (tertiary/aromatic N) is 1. The number of benzene rings is 2. The molecule has 1 N–H and O–H groups in total. The van der Waals surface area contributed by atoms with E-state index in [9.17, 15) is 9.59 Å². The normalized spacial score (nSPS) is 11.8. The Kier molecular flexibility index (Phi) is 8.72. The maximum atomic E-state index is 13.0. The zero-order chi connectivity index (χ0) is 22.3. The Balaban J connectivity index is 2.14. The van der Waals surface area contributed by atoms with Gasteiger partial charge in [-0.2, -0.15) is 0 Å². The molecule has 162 valence electrons. The van der Waals surface area contributed by atoms with E-state index in [1.165, 1.54) is 0 Å². The summed E-state index contributed by atoms with van der Waals surface area (Å²) < 4.78 is 5.75. The Morgan fingerprint density at radius 1 is 1.07 bits per heavy atom. The summed E-state index contributed by atoms with van der Waals surface area (Å²) in [6.07, 6.45) is 0. The summed E-state index contributed by atoms with van der Waals surface area (Å²) >= 11 is 6.21. The third kappa shape index (κ3) is 6.77. The van der Waals surface area contributed by atoms with Gasteiger partial charge in [-0.25, -0.2) is 0 Å². The Morgan fingerprint density at radius 3 is 2.23 bits per heavy atom. The average molecular weight is 431 g/mol. The summed E-state index contributed by atoms with van der Waals surface area (Å²) in [6.45, 7) is 10.3. The molecule has 2 rings (SSSR count). The van der Waals surface area contributed by atoms with Gasteiger partial charge in [-0.05, 0) is 55.5 Å². The number of halogens is 1. The van der Waals surface area contributed by atoms with E-state index in [1.54, 1.807) is 11.8 Å². The molecule has 2 aromatic rings. The third-order valence-electron chi connectivity index (χ3n) is 4.82. The smallest absolute Gasteiger partial charge is 0.261 e. The van der Waals surface area contributed by atoms with Gasteiger partial charge in [0.25, 0.3) is 5.91 Å². The maximum Gasteiger partial charge on any atom is 0.261 e. The van der Waals surface area contributed by atoms with E-state index in [1.807, 2.05) is 70.2 Å². The lowest BCUT2D eigenvalue weighted by Gasteiger charge is -2.29. The molecule has 0 saturated carbocycles. The van der Waals surface area contributed by atoms with Crippen LogP contribution in [0.25, 0.3) is 0 Å². The minimum atomic E-state index is -0.617. The number of amides is 2. The first-order valence-corrected chi connectivity index (χ1v) is 10.6. The molecule has 0 aliphatic rings. The summed E-state index contributed by atoms with van der Waals surface area (Å²) in [5, 5.41) is 3.60. The minimum absolute atomic E-state index is 0.158. The molecule has 0 aromatic heterocycles. The molecule has 0 spiro atoms. The SMILES string of the molecule is Cc1cc(OCC(=O)N(Cc2ccccc2)[C@@H](C)C(=O)NCC(C)C)cc(C)c1Cl. The molecule has 2 aromatic carbocycles. The summed E-state index contributed by atoms with van der Waals surface area (Å²) in [7, 11) is 0. The lowest BCUT2D eigenvalue weighted by molar-refractivity contribution is -0.142. The lowest BCUT2D eigenvalue weighted by atomic mass is 10.1. The zero-order valence-electron chi connectivity index (χ0n) is 18.4. The number of hydrogen-bond acceptors (Lipinski definition) is 3. The van der Waals surface area contributed by atoms with E-state index in [0.29, 0.717) is 29.8 Å². The predicted molar refractivity (Wildman–Crippen MR) is 121 cm³/mol. The van der Waals surface area contributed by atoms with Crippen LogP contribution >= 0.6 is 11.6 Å². The van der Waals surface area contributed by atoms with Crippen LogP contribution in [0, 0.1) is 19.8 Å². The summed E-state index contributed by atoms with van der Waals surface area (Å²) in [4.78, 5) is 27.2. The van der Waals surface area contributed by atoms with Crippen molar-refractivity contribution >= 4 is 23.4 Å². The van der Waals surface area contributed by atoms with E-state index in [2.05, 4.69) is 5.32 Å². The molecule has 0 heterocycles. The number of hydrogen-bond donors (Lipinski definition) is 1. The highest BCUT2D eigenvalue weighted by atomic mass is 35.5. The number of nitrogens with one attached hydrogen (secondary N) is 1. The predicted octanol–water partition coefficient (Wildman–Crippen LogP) is 4.53. The second-order valence-electron chi connectivity index (χ2n) is 7.98. The van der Waals surface area contributed by atoms with Crippen molar-refractivity contribution in [1.29, 1.82) is 0 Å². The van der Waals surface area contributed by atoms with E-state index >= 15 is 0 Å². The van der Waals surface area contributed by atoms with Gasteiger partial charge in [0.1, 0.15) is 11.8 Å². The van der Waals surface area contributed by atoms with E-state index < -0.39 is 6.04 Å². The van der Waals surface area contributed by atoms with Gasteiger partial charge in [0, 0.05) is 18.1 Å². The number of aryl methyl sites for hydroxylation is 2. The Labute approximate surface area is 184 Å². The molecule has 0 radical (unpaired) electrons. The molecule has 0 bridgehead atoms. The van der Waals surface area contributed by atoms with Crippen molar-refractivity contribution in [2.24, 2.45) is 5.92 Å². The monoisotopic (exact) mass is 430 g/mol. The lowest BCUT2D eigenvalue weighted by Crippen LogP contribution is -2.49. The first-order chi connectivity index (χ1) is 14.2. The molecule has 0 aliphatic heterocycles. The van der Waals surface area contributed by atoms with Crippen molar-refractivity contribution in [3.8, 4) is 5.75 Å². The van der Waals surface area contributed by atoms with Gasteiger partial charge >= 0.3 is 0 Å². The van der Waals surface area contributed by atoms with Crippen molar-refractivity contribution in [1.82, 2.24) is 10.2 Å². The largest absolute Gasteiger partial charge is 0.484 e. The summed E-state index contributed by atoms with van der Waals surface area (Å²) in [5.41, 5.74) is 2.73. The van der Waals surface area contributed by atoms with Gasteiger partial charge in [0.2, 0.25) is 5.91 Å². The van der Waals surface area contributed by atoms with Crippen molar-refractivity contribution in [2.75, 3.05) is 13.2 Å². The van der Waals surface area contributed by atoms with Crippen LogP contribution in [0.3, 0.4) is 0 Å². The average Bonchev–Trinajstić information content (AvgIpc) is 2.72. The Morgan fingerprint density at radius 2 is 1.67 bits per heavy atom. The summed E-state index contributed by atoms with van der Waals surface area (Å²) in [5.74, 6) is 0.487. The molecule has 2 amide bonds. The van der Waals surface area contributed by atoms with E-state index in [0.717, 1.165) is 16.7 Å². The molecular weight excluding hydrogens is 400 g/mol. The van der Waals surface area contributed by atoms with Crippen molar-refractivity contribution < 1.29 is 14.3 Å². The Hall–Kier alpha value is -2.53. The van der Waals surface area contributed by atoms with Crippen LogP contribution in [0.5, 0.6) is 5.75 Å². The van der Waals surface area contributed by atoms with Gasteiger partial charge in [-0.15, -0.1) is 0 Å². The van der Waals surface area contributed by atoms with Crippen LogP contribution < -0.4 is 10.1 Å². The van der Waals surface area contributed by atoms with Crippen LogP contribution in [0.2, 0.25) is 5.02 Å². The minimum Gasteiger partial charge on any atom is -0.484 e. The van der Waals surface area contributed by atoms with Gasteiger partial charge in [-0.1, -0.05) is 55.8 Å². The van der Waals surface area contributed by atoms with Gasteiger partial charge < -0.3 is 15.0 Å². The summed E-state index contributed by atoms with van der Waals surface area (Å²) in [6, 6.07) is 12.6. The van der Waals surface area contributed by atoms with E-state index in [-0.39, 0.29) is 18.4 Å². The molecule has 0 aliphatic carbocycles. The highest BCUT2D eigenvalue weighted by Gasteiger charge is 2.26. The molecule has 0 unspecified atom stereocenters. The fourth-order valence-electron chi connectivity index (χ4n) is 3.03. The van der Waals surface area contributed by atoms with Crippen LogP contribution in [0.4, 0.5) is 0 Å². The maximum absolute atomic E-state index is 13.0. The standard InChI is InChI=1S/C24H31ClN2O3/c1-16(2)13-26-24(29)19(5)27(14-20-9-7-6-8-10-20)22(28)15-30-21-11-17(3)23(25)18(4)12-21/h6-12,16,19H,13-15H2,1-5H3,(H,26,29)/t19-/m0/s1. The highest BCUT2D eigenvalue weighted by molar-refractivity contribution is 6.32. The molecule has 0 saturated heterocycles. The third-order valence-corrected chi connectivity index (χ3v) is 5.42. The fourth-order valence-corrected chi connectivity index (χ4v) is 3.14. The first-order valence-electron chi connectivity index (χ1n) is 10.2. The van der Waals surface area contributed by atoms with Crippen LogP contribution in [0.1, 0.15) is 37.5 Å². The number of carbonyl (C=O) groups is 2. The van der Waals surface area contributed by atoms with Crippen LogP contribution in [-0.2, 0) is 16.1 Å². The zero-order valence-corrected chi connectivity index (χ0v) is 19.1. The van der Waals surface area contributed by atoms with Crippen molar-refractivity contribution in [2.45, 2.75) is 47.2 Å². The number of ether oxygens (including phenoxy) is 1. The fraction of sp³-hybridized carbons (Fsp3) is 0.417. The van der Waals surface area contributed by atoms with Crippen molar-refractivity contribution in [3.63, 3.8) is 0 Å². The molecule has 0 fully saturated rings. The molecule has 5 nitrogen and oxygen atoms in total. The highest BCUT2D eigenvalue weighted by Crippen LogP contribution is 2.26. The van der Waals surface area contributed by atoms with Gasteiger partial charge in [-0.3, -0.25) is 9.59 Å². The van der Waals surface area contributed by atoms with Gasteiger partial charge in [0.05, 0.1) is 0 Å². The van der Waals surface area contributed by atoms with Crippen molar-refractivity contribution in [3.05, 3.63) is 64.2 Å². The molecule has 6 heteroatoms.